The predicted molar refractivity (Wildman–Crippen MR) is 49.5 cm³/mol. The first-order valence-corrected chi connectivity index (χ1v) is 4.29. The topological polar surface area (TPSA) is 45.2 Å². The van der Waals surface area contributed by atoms with Gasteiger partial charge in [-0.3, -0.25) is 4.79 Å². The molecule has 1 fully saturated rings. The van der Waals surface area contributed by atoms with Crippen molar-refractivity contribution in [1.29, 1.82) is 0 Å². The van der Waals surface area contributed by atoms with E-state index in [4.69, 9.17) is 0 Å². The van der Waals surface area contributed by atoms with Crippen molar-refractivity contribution in [2.75, 3.05) is 24.5 Å². The SMILES string of the molecule is O=C1CN(c2ccccn2)CCN1. The molecule has 0 unspecified atom stereocenters. The first-order chi connectivity index (χ1) is 6.36. The van der Waals surface area contributed by atoms with Crippen LogP contribution in [0.1, 0.15) is 0 Å². The van der Waals surface area contributed by atoms with Crippen LogP contribution in [0.4, 0.5) is 5.82 Å². The van der Waals surface area contributed by atoms with Gasteiger partial charge in [-0.1, -0.05) is 6.07 Å². The fourth-order valence-corrected chi connectivity index (χ4v) is 1.37. The number of nitrogens with zero attached hydrogens (tertiary/aromatic N) is 2. The summed E-state index contributed by atoms with van der Waals surface area (Å²) in [6, 6.07) is 5.71. The van der Waals surface area contributed by atoms with Crippen molar-refractivity contribution in [3.63, 3.8) is 0 Å². The maximum absolute atomic E-state index is 11.1. The van der Waals surface area contributed by atoms with Gasteiger partial charge < -0.3 is 10.2 Å². The second-order valence-corrected chi connectivity index (χ2v) is 2.96. The highest BCUT2D eigenvalue weighted by molar-refractivity contribution is 5.82. The average molecular weight is 177 g/mol. The maximum atomic E-state index is 11.1. The molecule has 0 bridgehead atoms. The molecule has 1 saturated heterocycles. The molecule has 0 aromatic carbocycles. The van der Waals surface area contributed by atoms with Gasteiger partial charge in [0, 0.05) is 19.3 Å². The van der Waals surface area contributed by atoms with E-state index in [2.05, 4.69) is 10.3 Å². The maximum Gasteiger partial charge on any atom is 0.239 e. The lowest BCUT2D eigenvalue weighted by atomic mass is 10.3. The van der Waals surface area contributed by atoms with Crippen LogP contribution >= 0.6 is 0 Å². The predicted octanol–water partition coefficient (Wildman–Crippen LogP) is 0.0178. The van der Waals surface area contributed by atoms with Crippen LogP contribution < -0.4 is 10.2 Å². The number of hydrogen-bond acceptors (Lipinski definition) is 3. The number of hydrogen-bond donors (Lipinski definition) is 1. The van der Waals surface area contributed by atoms with Gasteiger partial charge in [0.1, 0.15) is 5.82 Å². The van der Waals surface area contributed by atoms with Crippen LogP contribution in [0.15, 0.2) is 24.4 Å². The van der Waals surface area contributed by atoms with E-state index in [1.165, 1.54) is 0 Å². The molecule has 0 atom stereocenters. The lowest BCUT2D eigenvalue weighted by Crippen LogP contribution is -2.47. The molecule has 1 amide bonds. The van der Waals surface area contributed by atoms with E-state index in [9.17, 15) is 4.79 Å². The Morgan fingerprint density at radius 2 is 2.38 bits per heavy atom. The van der Waals surface area contributed by atoms with Crippen LogP contribution in [0.5, 0.6) is 0 Å². The summed E-state index contributed by atoms with van der Waals surface area (Å²) in [7, 11) is 0. The number of aromatic nitrogens is 1. The number of anilines is 1. The number of nitrogens with one attached hydrogen (secondary N) is 1. The number of rotatable bonds is 1. The zero-order chi connectivity index (χ0) is 9.10. The van der Waals surface area contributed by atoms with Gasteiger partial charge in [-0.25, -0.2) is 4.98 Å². The molecule has 2 heterocycles. The van der Waals surface area contributed by atoms with Gasteiger partial charge in [0.25, 0.3) is 0 Å². The Hall–Kier alpha value is -1.58. The molecule has 1 aliphatic heterocycles. The quantitative estimate of drug-likeness (QED) is 0.657. The van der Waals surface area contributed by atoms with Gasteiger partial charge in [-0.05, 0) is 12.1 Å². The van der Waals surface area contributed by atoms with Gasteiger partial charge in [0.15, 0.2) is 0 Å². The van der Waals surface area contributed by atoms with Crippen molar-refractivity contribution in [2.45, 2.75) is 0 Å². The minimum absolute atomic E-state index is 0.0666. The van der Waals surface area contributed by atoms with Gasteiger partial charge in [-0.2, -0.15) is 0 Å². The summed E-state index contributed by atoms with van der Waals surface area (Å²) < 4.78 is 0. The molecule has 1 aromatic rings. The van der Waals surface area contributed by atoms with Crippen LogP contribution in [0.2, 0.25) is 0 Å². The number of carbonyl (C=O) groups excluding carboxylic acids is 1. The molecule has 1 aromatic heterocycles. The van der Waals surface area contributed by atoms with Crippen LogP contribution in [0.3, 0.4) is 0 Å². The standard InChI is InChI=1S/C9H11N3O/c13-9-7-12(6-5-11-9)8-3-1-2-4-10-8/h1-4H,5-7H2,(H,11,13). The molecule has 4 heteroatoms. The Morgan fingerprint density at radius 1 is 1.46 bits per heavy atom. The Bertz CT molecular complexity index is 299. The van der Waals surface area contributed by atoms with Crippen molar-refractivity contribution >= 4 is 11.7 Å². The second kappa shape index (κ2) is 3.43. The molecular weight excluding hydrogens is 166 g/mol. The second-order valence-electron chi connectivity index (χ2n) is 2.96. The fraction of sp³-hybridized carbons (Fsp3) is 0.333. The summed E-state index contributed by atoms with van der Waals surface area (Å²) in [6.07, 6.45) is 1.74. The third kappa shape index (κ3) is 1.77. The molecule has 13 heavy (non-hydrogen) atoms. The highest BCUT2D eigenvalue weighted by atomic mass is 16.2. The molecule has 68 valence electrons. The molecule has 0 aliphatic carbocycles. The van der Waals surface area contributed by atoms with E-state index in [-0.39, 0.29) is 5.91 Å². The minimum atomic E-state index is 0.0666. The van der Waals surface area contributed by atoms with E-state index in [1.807, 2.05) is 23.1 Å². The monoisotopic (exact) mass is 177 g/mol. The summed E-state index contributed by atoms with van der Waals surface area (Å²) in [5, 5.41) is 2.77. The average Bonchev–Trinajstić information content (AvgIpc) is 2.19. The zero-order valence-corrected chi connectivity index (χ0v) is 7.23. The fourth-order valence-electron chi connectivity index (χ4n) is 1.37. The first kappa shape index (κ1) is 8.04. The first-order valence-electron chi connectivity index (χ1n) is 4.29. The largest absolute Gasteiger partial charge is 0.353 e. The van der Waals surface area contributed by atoms with Crippen LogP contribution in [0, 0.1) is 0 Å². The van der Waals surface area contributed by atoms with Crippen molar-refractivity contribution in [3.8, 4) is 0 Å². The Morgan fingerprint density at radius 3 is 3.08 bits per heavy atom. The number of pyridine rings is 1. The van der Waals surface area contributed by atoms with Gasteiger partial charge >= 0.3 is 0 Å². The van der Waals surface area contributed by atoms with E-state index < -0.39 is 0 Å². The lowest BCUT2D eigenvalue weighted by molar-refractivity contribution is -0.120. The molecule has 1 aliphatic rings. The molecular formula is C9H11N3O. The molecule has 4 nitrogen and oxygen atoms in total. The molecule has 0 spiro atoms. The number of amides is 1. The number of carbonyl (C=O) groups is 1. The third-order valence-corrected chi connectivity index (χ3v) is 2.01. The summed E-state index contributed by atoms with van der Waals surface area (Å²) >= 11 is 0. The Labute approximate surface area is 76.6 Å². The van der Waals surface area contributed by atoms with E-state index in [1.54, 1.807) is 6.20 Å². The van der Waals surface area contributed by atoms with E-state index in [0.717, 1.165) is 12.4 Å². The highest BCUT2D eigenvalue weighted by Gasteiger charge is 2.16. The lowest BCUT2D eigenvalue weighted by Gasteiger charge is -2.27. The Kier molecular flexibility index (Phi) is 2.12. The molecule has 1 N–H and O–H groups in total. The van der Waals surface area contributed by atoms with Crippen molar-refractivity contribution in [3.05, 3.63) is 24.4 Å². The van der Waals surface area contributed by atoms with Gasteiger partial charge in [0.05, 0.1) is 6.54 Å². The van der Waals surface area contributed by atoms with Crippen molar-refractivity contribution in [1.82, 2.24) is 10.3 Å². The van der Waals surface area contributed by atoms with E-state index >= 15 is 0 Å². The molecule has 0 radical (unpaired) electrons. The number of piperazine rings is 1. The van der Waals surface area contributed by atoms with E-state index in [0.29, 0.717) is 13.1 Å². The normalized spacial score (nSPS) is 16.9. The summed E-state index contributed by atoms with van der Waals surface area (Å²) in [6.45, 7) is 1.95. The van der Waals surface area contributed by atoms with Crippen LogP contribution in [-0.4, -0.2) is 30.5 Å². The third-order valence-electron chi connectivity index (χ3n) is 2.01. The molecule has 0 saturated carbocycles. The highest BCUT2D eigenvalue weighted by Crippen LogP contribution is 2.09. The smallest absolute Gasteiger partial charge is 0.239 e. The van der Waals surface area contributed by atoms with Gasteiger partial charge in [-0.15, -0.1) is 0 Å². The van der Waals surface area contributed by atoms with Crippen LogP contribution in [-0.2, 0) is 4.79 Å². The summed E-state index contributed by atoms with van der Waals surface area (Å²) in [5.74, 6) is 0.939. The molecule has 2 rings (SSSR count). The Balaban J connectivity index is 2.13. The summed E-state index contributed by atoms with van der Waals surface area (Å²) in [5.41, 5.74) is 0. The van der Waals surface area contributed by atoms with Crippen molar-refractivity contribution < 1.29 is 4.79 Å². The van der Waals surface area contributed by atoms with Crippen LogP contribution in [0.25, 0.3) is 0 Å². The van der Waals surface area contributed by atoms with Gasteiger partial charge in [0.2, 0.25) is 5.91 Å². The minimum Gasteiger partial charge on any atom is -0.353 e. The zero-order valence-electron chi connectivity index (χ0n) is 7.23. The van der Waals surface area contributed by atoms with Crippen molar-refractivity contribution in [2.24, 2.45) is 0 Å². The summed E-state index contributed by atoms with van der Waals surface area (Å²) in [4.78, 5) is 17.2.